The topological polar surface area (TPSA) is 34.1 Å². The molecule has 1 fully saturated rings. The van der Waals surface area contributed by atoms with Crippen LogP contribution in [-0.2, 0) is 9.59 Å². The maximum Gasteiger partial charge on any atom is 0.162 e. The van der Waals surface area contributed by atoms with Crippen molar-refractivity contribution in [3.63, 3.8) is 0 Å². The van der Waals surface area contributed by atoms with E-state index in [2.05, 4.69) is 6.92 Å². The van der Waals surface area contributed by atoms with Crippen LogP contribution in [0.4, 0.5) is 0 Å². The third-order valence-electron chi connectivity index (χ3n) is 3.53. The van der Waals surface area contributed by atoms with Crippen LogP contribution < -0.4 is 0 Å². The van der Waals surface area contributed by atoms with Gasteiger partial charge in [0, 0.05) is 5.92 Å². The molecule has 0 aromatic carbocycles. The fourth-order valence-corrected chi connectivity index (χ4v) is 2.20. The molecular weight excluding hydrogens is 188 g/mol. The molecule has 0 aliphatic heterocycles. The Morgan fingerprint density at radius 3 is 2.00 bits per heavy atom. The van der Waals surface area contributed by atoms with Crippen LogP contribution >= 0.6 is 0 Å². The van der Waals surface area contributed by atoms with Crippen LogP contribution in [0.1, 0.15) is 47.0 Å². The number of hydrogen-bond acceptors (Lipinski definition) is 2. The number of hydrogen-bond donors (Lipinski definition) is 0. The molecule has 1 rings (SSSR count). The van der Waals surface area contributed by atoms with Gasteiger partial charge < -0.3 is 0 Å². The zero-order valence-electron chi connectivity index (χ0n) is 10.1. The summed E-state index contributed by atoms with van der Waals surface area (Å²) in [6, 6.07) is 0. The van der Waals surface area contributed by atoms with Crippen molar-refractivity contribution in [2.45, 2.75) is 47.0 Å². The second kappa shape index (κ2) is 4.73. The molecule has 0 aromatic heterocycles. The molecule has 2 nitrogen and oxygen atoms in total. The Kier molecular flexibility index (Phi) is 3.83. The molecule has 0 radical (unpaired) electrons. The van der Waals surface area contributed by atoms with Crippen molar-refractivity contribution >= 4 is 11.6 Å². The van der Waals surface area contributed by atoms with E-state index in [4.69, 9.17) is 0 Å². The zero-order chi connectivity index (χ0) is 11.6. The lowest BCUT2D eigenvalue weighted by Gasteiger charge is -2.10. The summed E-state index contributed by atoms with van der Waals surface area (Å²) in [5, 5.41) is 0. The maximum absolute atomic E-state index is 12.0. The third kappa shape index (κ3) is 2.77. The van der Waals surface area contributed by atoms with E-state index in [9.17, 15) is 9.59 Å². The maximum atomic E-state index is 12.0. The van der Waals surface area contributed by atoms with Gasteiger partial charge in [0.25, 0.3) is 0 Å². The fourth-order valence-electron chi connectivity index (χ4n) is 2.20. The standard InChI is InChI=1S/C13H20O2/c1-8-5-6-12(7-8)13(15)10(3)9(2)11(4)14/h8,12H,5-7H2,1-4H3/b10-9-. The van der Waals surface area contributed by atoms with E-state index in [-0.39, 0.29) is 17.5 Å². The van der Waals surface area contributed by atoms with Crippen LogP contribution in [0.2, 0.25) is 0 Å². The van der Waals surface area contributed by atoms with E-state index < -0.39 is 0 Å². The summed E-state index contributed by atoms with van der Waals surface area (Å²) in [6.07, 6.45) is 3.12. The van der Waals surface area contributed by atoms with Crippen molar-refractivity contribution in [3.8, 4) is 0 Å². The molecular formula is C13H20O2. The van der Waals surface area contributed by atoms with E-state index in [1.807, 2.05) is 0 Å². The third-order valence-corrected chi connectivity index (χ3v) is 3.53. The Bertz CT molecular complexity index is 312. The first kappa shape index (κ1) is 12.2. The number of Topliss-reactive ketones (excluding diaryl/α,β-unsaturated/α-hetero) is 2. The lowest BCUT2D eigenvalue weighted by atomic mass is 9.92. The first-order valence-electron chi connectivity index (χ1n) is 5.66. The predicted molar refractivity (Wildman–Crippen MR) is 60.6 cm³/mol. The molecule has 2 atom stereocenters. The van der Waals surface area contributed by atoms with Crippen molar-refractivity contribution in [1.29, 1.82) is 0 Å². The first-order valence-corrected chi connectivity index (χ1v) is 5.66. The molecule has 1 saturated carbocycles. The van der Waals surface area contributed by atoms with Crippen molar-refractivity contribution < 1.29 is 9.59 Å². The zero-order valence-corrected chi connectivity index (χ0v) is 10.1. The van der Waals surface area contributed by atoms with Gasteiger partial charge in [-0.05, 0) is 57.1 Å². The lowest BCUT2D eigenvalue weighted by molar-refractivity contribution is -0.120. The summed E-state index contributed by atoms with van der Waals surface area (Å²) < 4.78 is 0. The predicted octanol–water partition coefficient (Wildman–Crippen LogP) is 2.92. The SMILES string of the molecule is CC(=O)/C(C)=C(/C)C(=O)C1CCC(C)C1. The Morgan fingerprint density at radius 2 is 1.60 bits per heavy atom. The second-order valence-corrected chi connectivity index (χ2v) is 4.79. The van der Waals surface area contributed by atoms with Gasteiger partial charge in [0.05, 0.1) is 0 Å². The minimum absolute atomic E-state index is 0.00638. The number of allylic oxidation sites excluding steroid dienone is 2. The minimum atomic E-state index is 0.00638. The molecule has 2 heteroatoms. The van der Waals surface area contributed by atoms with Crippen molar-refractivity contribution in [2.75, 3.05) is 0 Å². The summed E-state index contributed by atoms with van der Waals surface area (Å²) in [6.45, 7) is 7.23. The monoisotopic (exact) mass is 208 g/mol. The first-order chi connectivity index (χ1) is 6.93. The number of ketones is 2. The van der Waals surface area contributed by atoms with Gasteiger partial charge in [-0.25, -0.2) is 0 Å². The molecule has 0 N–H and O–H groups in total. The molecule has 1 aliphatic carbocycles. The normalized spacial score (nSPS) is 27.5. The highest BCUT2D eigenvalue weighted by Crippen LogP contribution is 2.32. The number of rotatable bonds is 3. The van der Waals surface area contributed by atoms with Gasteiger partial charge in [-0.2, -0.15) is 0 Å². The van der Waals surface area contributed by atoms with Gasteiger partial charge in [0.15, 0.2) is 11.6 Å². The van der Waals surface area contributed by atoms with Crippen molar-refractivity contribution in [3.05, 3.63) is 11.1 Å². The highest BCUT2D eigenvalue weighted by Gasteiger charge is 2.28. The van der Waals surface area contributed by atoms with E-state index in [1.165, 1.54) is 6.92 Å². The van der Waals surface area contributed by atoms with E-state index in [0.717, 1.165) is 19.3 Å². The minimum Gasteiger partial charge on any atom is -0.295 e. The quantitative estimate of drug-likeness (QED) is 0.668. The van der Waals surface area contributed by atoms with Gasteiger partial charge in [-0.1, -0.05) is 6.92 Å². The van der Waals surface area contributed by atoms with Crippen LogP contribution in [0.15, 0.2) is 11.1 Å². The highest BCUT2D eigenvalue weighted by molar-refractivity contribution is 6.05. The summed E-state index contributed by atoms with van der Waals surface area (Å²) in [5.74, 6) is 1.01. The van der Waals surface area contributed by atoms with Crippen LogP contribution in [0.3, 0.4) is 0 Å². The molecule has 2 unspecified atom stereocenters. The van der Waals surface area contributed by atoms with E-state index in [1.54, 1.807) is 13.8 Å². The lowest BCUT2D eigenvalue weighted by Crippen LogP contribution is -2.15. The van der Waals surface area contributed by atoms with Crippen molar-refractivity contribution in [2.24, 2.45) is 11.8 Å². The summed E-state index contributed by atoms with van der Waals surface area (Å²) in [7, 11) is 0. The molecule has 0 spiro atoms. The molecule has 0 heterocycles. The largest absolute Gasteiger partial charge is 0.295 e. The molecule has 0 saturated heterocycles. The van der Waals surface area contributed by atoms with Crippen LogP contribution in [0.25, 0.3) is 0 Å². The van der Waals surface area contributed by atoms with E-state index in [0.29, 0.717) is 17.1 Å². The average Bonchev–Trinajstić information content (AvgIpc) is 2.61. The molecule has 0 bridgehead atoms. The molecule has 0 amide bonds. The Labute approximate surface area is 91.7 Å². The van der Waals surface area contributed by atoms with Crippen LogP contribution in [0, 0.1) is 11.8 Å². The second-order valence-electron chi connectivity index (χ2n) is 4.79. The van der Waals surface area contributed by atoms with Gasteiger partial charge in [0.1, 0.15) is 0 Å². The van der Waals surface area contributed by atoms with Gasteiger partial charge in [-0.3, -0.25) is 9.59 Å². The Hall–Kier alpha value is -0.920. The molecule has 1 aliphatic rings. The summed E-state index contributed by atoms with van der Waals surface area (Å²) in [5.41, 5.74) is 1.29. The highest BCUT2D eigenvalue weighted by atomic mass is 16.1. The molecule has 0 aromatic rings. The van der Waals surface area contributed by atoms with Crippen LogP contribution in [-0.4, -0.2) is 11.6 Å². The molecule has 84 valence electrons. The summed E-state index contributed by atoms with van der Waals surface area (Å²) in [4.78, 5) is 23.2. The summed E-state index contributed by atoms with van der Waals surface area (Å²) >= 11 is 0. The van der Waals surface area contributed by atoms with Gasteiger partial charge in [0.2, 0.25) is 0 Å². The number of carbonyl (C=O) groups is 2. The Balaban J connectivity index is 2.77. The van der Waals surface area contributed by atoms with Gasteiger partial charge in [-0.15, -0.1) is 0 Å². The Morgan fingerprint density at radius 1 is 1.00 bits per heavy atom. The molecule has 15 heavy (non-hydrogen) atoms. The number of carbonyl (C=O) groups excluding carboxylic acids is 2. The fraction of sp³-hybridized carbons (Fsp3) is 0.692. The van der Waals surface area contributed by atoms with Crippen LogP contribution in [0.5, 0.6) is 0 Å². The van der Waals surface area contributed by atoms with Gasteiger partial charge >= 0.3 is 0 Å². The average molecular weight is 208 g/mol. The smallest absolute Gasteiger partial charge is 0.162 e. The van der Waals surface area contributed by atoms with Crippen molar-refractivity contribution in [1.82, 2.24) is 0 Å². The van der Waals surface area contributed by atoms with E-state index >= 15 is 0 Å².